The summed E-state index contributed by atoms with van der Waals surface area (Å²) in [6, 6.07) is 20.8. The van der Waals surface area contributed by atoms with E-state index in [9.17, 15) is 5.11 Å². The largest absolute Gasteiger partial charge is 0.487 e. The van der Waals surface area contributed by atoms with Gasteiger partial charge in [0.1, 0.15) is 12.4 Å². The second kappa shape index (κ2) is 10.3. The lowest BCUT2D eigenvalue weighted by Crippen LogP contribution is -2.32. The number of benzene rings is 2. The molecule has 36 heavy (non-hydrogen) atoms. The Morgan fingerprint density at radius 1 is 1.00 bits per heavy atom. The quantitative estimate of drug-likeness (QED) is 0.254. The lowest BCUT2D eigenvalue weighted by atomic mass is 9.83. The Bertz CT molecular complexity index is 1310. The van der Waals surface area contributed by atoms with Crippen molar-refractivity contribution in [2.45, 2.75) is 75.7 Å². The van der Waals surface area contributed by atoms with Crippen molar-refractivity contribution in [1.82, 2.24) is 9.55 Å². The van der Waals surface area contributed by atoms with Gasteiger partial charge in [-0.15, -0.1) is 11.8 Å². The number of aryl methyl sites for hydroxylation is 2. The van der Waals surface area contributed by atoms with Crippen LogP contribution in [0.3, 0.4) is 0 Å². The van der Waals surface area contributed by atoms with Crippen molar-refractivity contribution in [3.63, 3.8) is 0 Å². The second-order valence-electron chi connectivity index (χ2n) is 11.2. The molecule has 1 N–H and O–H groups in total. The van der Waals surface area contributed by atoms with E-state index in [1.54, 1.807) is 0 Å². The fourth-order valence-corrected chi connectivity index (χ4v) is 5.85. The molecule has 4 nitrogen and oxygen atoms in total. The Balaban J connectivity index is 1.79. The number of aliphatic hydroxyl groups is 1. The number of hydrogen-bond acceptors (Lipinski definition) is 4. The van der Waals surface area contributed by atoms with Crippen LogP contribution in [0.1, 0.15) is 63.1 Å². The number of thioether (sulfide) groups is 1. The molecular formula is C31H38N2O2S. The van der Waals surface area contributed by atoms with Crippen LogP contribution in [0.15, 0.2) is 71.8 Å². The molecule has 0 aliphatic heterocycles. The molecule has 0 fully saturated rings. The van der Waals surface area contributed by atoms with Crippen LogP contribution >= 0.6 is 11.8 Å². The molecule has 1 unspecified atom stereocenters. The first-order valence-electron chi connectivity index (χ1n) is 12.5. The van der Waals surface area contributed by atoms with Gasteiger partial charge >= 0.3 is 0 Å². The Labute approximate surface area is 219 Å². The van der Waals surface area contributed by atoms with E-state index in [2.05, 4.69) is 79.8 Å². The molecule has 0 radical (unpaired) electrons. The van der Waals surface area contributed by atoms with Crippen LogP contribution in [0, 0.1) is 6.92 Å². The fourth-order valence-electron chi connectivity index (χ4n) is 4.58. The highest BCUT2D eigenvalue weighted by atomic mass is 32.2. The zero-order valence-electron chi connectivity index (χ0n) is 22.5. The van der Waals surface area contributed by atoms with Gasteiger partial charge in [0.15, 0.2) is 0 Å². The Morgan fingerprint density at radius 3 is 2.33 bits per heavy atom. The van der Waals surface area contributed by atoms with Crippen LogP contribution in [-0.2, 0) is 20.1 Å². The number of nitrogens with zero attached hydrogens (tertiary/aromatic N) is 2. The lowest BCUT2D eigenvalue weighted by Gasteiger charge is -2.32. The summed E-state index contributed by atoms with van der Waals surface area (Å²) >= 11 is 1.86. The van der Waals surface area contributed by atoms with E-state index in [-0.39, 0.29) is 10.7 Å². The maximum Gasteiger partial charge on any atom is 0.130 e. The van der Waals surface area contributed by atoms with Crippen molar-refractivity contribution in [1.29, 1.82) is 0 Å². The number of rotatable bonds is 8. The normalized spacial score (nSPS) is 13.2. The average molecular weight is 503 g/mol. The highest BCUT2D eigenvalue weighted by Crippen LogP contribution is 2.47. The Morgan fingerprint density at radius 2 is 1.72 bits per heavy atom. The molecule has 1 atom stereocenters. The molecule has 0 aliphatic carbocycles. The highest BCUT2D eigenvalue weighted by molar-refractivity contribution is 8.00. The Kier molecular flexibility index (Phi) is 7.53. The van der Waals surface area contributed by atoms with E-state index in [1.165, 1.54) is 16.2 Å². The van der Waals surface area contributed by atoms with Crippen LogP contribution in [0.2, 0.25) is 0 Å². The Hall–Kier alpha value is -2.76. The van der Waals surface area contributed by atoms with Crippen molar-refractivity contribution >= 4 is 22.7 Å². The van der Waals surface area contributed by atoms with Crippen molar-refractivity contribution in [3.8, 4) is 5.75 Å². The standard InChI is InChI=1S/C31H38N2O2S/c1-21-13-14-23(32-19-21)20-35-24-15-16-27-25(18-24)29(36-30(2,3)4)28(33(27)7)26(31(5,6)34)17-22-11-9-8-10-12-22/h8-16,18-19,26,34H,17,20H2,1-7H3. The molecule has 0 saturated heterocycles. The van der Waals surface area contributed by atoms with E-state index in [1.807, 2.05) is 56.9 Å². The third-order valence-corrected chi connectivity index (χ3v) is 7.65. The summed E-state index contributed by atoms with van der Waals surface area (Å²) in [7, 11) is 2.12. The topological polar surface area (TPSA) is 47.3 Å². The first-order valence-corrected chi connectivity index (χ1v) is 13.4. The molecule has 0 aliphatic rings. The van der Waals surface area contributed by atoms with Gasteiger partial charge in [-0.25, -0.2) is 0 Å². The molecule has 0 amide bonds. The minimum Gasteiger partial charge on any atom is -0.487 e. The fraction of sp³-hybridized carbons (Fsp3) is 0.387. The SMILES string of the molecule is Cc1ccc(COc2ccc3c(c2)c(SC(C)(C)C)c(C(Cc2ccccc2)C(C)(C)O)n3C)nc1. The summed E-state index contributed by atoms with van der Waals surface area (Å²) in [5.74, 6) is 0.740. The molecule has 0 saturated carbocycles. The summed E-state index contributed by atoms with van der Waals surface area (Å²) in [6.45, 7) is 13.0. The number of hydrogen-bond donors (Lipinski definition) is 1. The van der Waals surface area contributed by atoms with E-state index < -0.39 is 5.60 Å². The molecule has 2 aromatic heterocycles. The third kappa shape index (κ3) is 6.13. The molecular weight excluding hydrogens is 464 g/mol. The van der Waals surface area contributed by atoms with Gasteiger partial charge < -0.3 is 14.4 Å². The van der Waals surface area contributed by atoms with Gasteiger partial charge in [0.05, 0.1) is 11.3 Å². The van der Waals surface area contributed by atoms with Gasteiger partial charge in [-0.05, 0) is 62.6 Å². The maximum atomic E-state index is 11.4. The molecule has 4 rings (SSSR count). The molecule has 4 aromatic rings. The van der Waals surface area contributed by atoms with Gasteiger partial charge in [0.2, 0.25) is 0 Å². The molecule has 5 heteroatoms. The number of aromatic nitrogens is 2. The van der Waals surface area contributed by atoms with Gasteiger partial charge in [0.25, 0.3) is 0 Å². The predicted molar refractivity (Wildman–Crippen MR) is 151 cm³/mol. The first-order chi connectivity index (χ1) is 16.9. The van der Waals surface area contributed by atoms with Crippen molar-refractivity contribution in [3.05, 3.63) is 89.4 Å². The molecule has 190 valence electrons. The van der Waals surface area contributed by atoms with E-state index in [0.29, 0.717) is 6.61 Å². The molecule has 0 bridgehead atoms. The minimum atomic E-state index is -0.901. The van der Waals surface area contributed by atoms with Crippen LogP contribution in [-0.4, -0.2) is 25.0 Å². The summed E-state index contributed by atoms with van der Waals surface area (Å²) in [5, 5.41) is 12.6. The zero-order valence-corrected chi connectivity index (χ0v) is 23.3. The number of fused-ring (bicyclic) bond motifs is 1. The first kappa shape index (κ1) is 26.3. The summed E-state index contributed by atoms with van der Waals surface area (Å²) < 4.78 is 8.43. The zero-order chi connectivity index (χ0) is 26.1. The monoisotopic (exact) mass is 502 g/mol. The second-order valence-corrected chi connectivity index (χ2v) is 13.0. The summed E-state index contributed by atoms with van der Waals surface area (Å²) in [4.78, 5) is 5.68. The van der Waals surface area contributed by atoms with Gasteiger partial charge in [-0.1, -0.05) is 57.2 Å². The van der Waals surface area contributed by atoms with Crippen molar-refractivity contribution < 1.29 is 9.84 Å². The lowest BCUT2D eigenvalue weighted by molar-refractivity contribution is 0.0465. The average Bonchev–Trinajstić information content (AvgIpc) is 3.06. The minimum absolute atomic E-state index is 0.00259. The van der Waals surface area contributed by atoms with Crippen LogP contribution in [0.25, 0.3) is 10.9 Å². The van der Waals surface area contributed by atoms with Gasteiger partial charge in [-0.2, -0.15) is 0 Å². The van der Waals surface area contributed by atoms with Gasteiger partial charge in [-0.3, -0.25) is 4.98 Å². The highest BCUT2D eigenvalue weighted by Gasteiger charge is 2.35. The van der Waals surface area contributed by atoms with Crippen LogP contribution in [0.4, 0.5) is 0 Å². The van der Waals surface area contributed by atoms with E-state index in [0.717, 1.165) is 34.3 Å². The summed E-state index contributed by atoms with van der Waals surface area (Å²) in [6.07, 6.45) is 2.63. The smallest absolute Gasteiger partial charge is 0.130 e. The van der Waals surface area contributed by atoms with E-state index in [4.69, 9.17) is 4.74 Å². The van der Waals surface area contributed by atoms with Crippen LogP contribution in [0.5, 0.6) is 5.75 Å². The van der Waals surface area contributed by atoms with Gasteiger partial charge in [0, 0.05) is 45.4 Å². The van der Waals surface area contributed by atoms with E-state index >= 15 is 0 Å². The third-order valence-electron chi connectivity index (χ3n) is 6.40. The summed E-state index contributed by atoms with van der Waals surface area (Å²) in [5.41, 5.74) is 4.66. The van der Waals surface area contributed by atoms with Crippen molar-refractivity contribution in [2.24, 2.45) is 7.05 Å². The molecule has 2 heterocycles. The number of ether oxygens (including phenoxy) is 1. The molecule has 0 spiro atoms. The van der Waals surface area contributed by atoms with Crippen molar-refractivity contribution in [2.75, 3.05) is 0 Å². The predicted octanol–water partition coefficient (Wildman–Crippen LogP) is 7.45. The number of pyridine rings is 1. The maximum absolute atomic E-state index is 11.4. The van der Waals surface area contributed by atoms with Crippen LogP contribution < -0.4 is 4.74 Å². The molecule has 2 aromatic carbocycles.